The highest BCUT2D eigenvalue weighted by atomic mass is 16.3. The fraction of sp³-hybridized carbons (Fsp3) is 0.938. The number of nitrogens with two attached hydrogens (primary N) is 1. The highest BCUT2D eigenvalue weighted by molar-refractivity contribution is 5.83. The molecule has 2 saturated carbocycles. The minimum atomic E-state index is -0.702. The molecule has 0 aromatic rings. The summed E-state index contributed by atoms with van der Waals surface area (Å²) >= 11 is 0. The van der Waals surface area contributed by atoms with Gasteiger partial charge in [-0.1, -0.05) is 26.2 Å². The number of aliphatic hydroxyl groups is 1. The van der Waals surface area contributed by atoms with Crippen molar-refractivity contribution in [3.8, 4) is 0 Å². The highest BCUT2D eigenvalue weighted by Gasteiger charge is 2.39. The number of rotatable bonds is 4. The second-order valence-electron chi connectivity index (χ2n) is 7.13. The monoisotopic (exact) mass is 282 g/mol. The number of hydrogen-bond donors (Lipinski definition) is 3. The third-order valence-electron chi connectivity index (χ3n) is 5.47. The lowest BCUT2D eigenvalue weighted by molar-refractivity contribution is -0.134. The summed E-state index contributed by atoms with van der Waals surface area (Å²) in [5, 5.41) is 13.5. The summed E-state index contributed by atoms with van der Waals surface area (Å²) in [5.41, 5.74) is 4.80. The van der Waals surface area contributed by atoms with Crippen molar-refractivity contribution >= 4 is 5.91 Å². The van der Waals surface area contributed by atoms with Gasteiger partial charge in [0.05, 0.1) is 11.0 Å². The molecule has 0 heterocycles. The summed E-state index contributed by atoms with van der Waals surface area (Å²) in [6, 6.07) is 0. The predicted molar refractivity (Wildman–Crippen MR) is 80.2 cm³/mol. The van der Waals surface area contributed by atoms with Gasteiger partial charge in [-0.05, 0) is 44.4 Å². The Morgan fingerprint density at radius 1 is 1.20 bits per heavy atom. The van der Waals surface area contributed by atoms with Gasteiger partial charge in [0.2, 0.25) is 5.91 Å². The zero-order valence-electron chi connectivity index (χ0n) is 12.8. The number of hydrogen-bond acceptors (Lipinski definition) is 3. The normalized spacial score (nSPS) is 33.6. The molecule has 0 atom stereocenters. The maximum absolute atomic E-state index is 12.5. The zero-order valence-corrected chi connectivity index (χ0v) is 12.8. The molecule has 0 aromatic heterocycles. The van der Waals surface area contributed by atoms with E-state index in [9.17, 15) is 9.90 Å². The van der Waals surface area contributed by atoms with Crippen LogP contribution in [-0.4, -0.2) is 29.7 Å². The van der Waals surface area contributed by atoms with E-state index in [2.05, 4.69) is 12.2 Å². The van der Waals surface area contributed by atoms with Crippen molar-refractivity contribution in [2.24, 2.45) is 17.1 Å². The van der Waals surface area contributed by atoms with Gasteiger partial charge in [-0.15, -0.1) is 0 Å². The van der Waals surface area contributed by atoms with Gasteiger partial charge in [0, 0.05) is 13.1 Å². The second kappa shape index (κ2) is 6.44. The summed E-state index contributed by atoms with van der Waals surface area (Å²) < 4.78 is 0. The standard InChI is InChI=1S/C16H30N2O2/c1-13-5-9-16(20,10-6-13)12-18-14(19)15(11-17)7-3-2-4-8-15/h13,20H,2-12,17H2,1H3,(H,18,19). The van der Waals surface area contributed by atoms with E-state index in [1.54, 1.807) is 0 Å². The van der Waals surface area contributed by atoms with Gasteiger partial charge >= 0.3 is 0 Å². The molecule has 2 rings (SSSR count). The van der Waals surface area contributed by atoms with Crippen LogP contribution < -0.4 is 11.1 Å². The van der Waals surface area contributed by atoms with Crippen molar-refractivity contribution in [3.05, 3.63) is 0 Å². The number of carbonyl (C=O) groups excluding carboxylic acids is 1. The Labute approximate surface area is 122 Å². The van der Waals surface area contributed by atoms with Crippen LogP contribution in [0.3, 0.4) is 0 Å². The van der Waals surface area contributed by atoms with Gasteiger partial charge in [0.25, 0.3) is 0 Å². The van der Waals surface area contributed by atoms with Crippen molar-refractivity contribution in [2.75, 3.05) is 13.1 Å². The molecule has 116 valence electrons. The van der Waals surface area contributed by atoms with E-state index >= 15 is 0 Å². The molecule has 4 heteroatoms. The average Bonchev–Trinajstić information content (AvgIpc) is 2.49. The molecule has 0 saturated heterocycles. The van der Waals surface area contributed by atoms with E-state index in [-0.39, 0.29) is 11.3 Å². The van der Waals surface area contributed by atoms with Crippen molar-refractivity contribution in [1.82, 2.24) is 5.32 Å². The van der Waals surface area contributed by atoms with Gasteiger partial charge in [-0.3, -0.25) is 4.79 Å². The summed E-state index contributed by atoms with van der Waals surface area (Å²) in [6.45, 7) is 3.04. The fourth-order valence-corrected chi connectivity index (χ4v) is 3.66. The zero-order chi connectivity index (χ0) is 14.6. The molecular formula is C16H30N2O2. The van der Waals surface area contributed by atoms with E-state index in [4.69, 9.17) is 5.73 Å². The van der Waals surface area contributed by atoms with Crippen molar-refractivity contribution in [2.45, 2.75) is 70.3 Å². The third kappa shape index (κ3) is 3.53. The van der Waals surface area contributed by atoms with Gasteiger partial charge < -0.3 is 16.2 Å². The van der Waals surface area contributed by atoms with Crippen LogP contribution >= 0.6 is 0 Å². The Kier molecular flexibility index (Phi) is 5.08. The van der Waals surface area contributed by atoms with Crippen LogP contribution in [0.15, 0.2) is 0 Å². The fourth-order valence-electron chi connectivity index (χ4n) is 3.66. The molecule has 2 aliphatic carbocycles. The predicted octanol–water partition coefficient (Wildman–Crippen LogP) is 1.95. The van der Waals surface area contributed by atoms with E-state index in [1.807, 2.05) is 0 Å². The average molecular weight is 282 g/mol. The van der Waals surface area contributed by atoms with Gasteiger partial charge in [-0.2, -0.15) is 0 Å². The first kappa shape index (κ1) is 15.8. The van der Waals surface area contributed by atoms with Gasteiger partial charge in [0.1, 0.15) is 0 Å². The SMILES string of the molecule is CC1CCC(O)(CNC(=O)C2(CN)CCCCC2)CC1. The minimum Gasteiger partial charge on any atom is -0.388 e. The van der Waals surface area contributed by atoms with Crippen LogP contribution in [0.5, 0.6) is 0 Å². The molecule has 0 aliphatic heterocycles. The molecular weight excluding hydrogens is 252 g/mol. The Hall–Kier alpha value is -0.610. The summed E-state index contributed by atoms with van der Waals surface area (Å²) in [6.07, 6.45) is 8.86. The Morgan fingerprint density at radius 3 is 2.35 bits per heavy atom. The molecule has 1 amide bonds. The Morgan fingerprint density at radius 2 is 1.80 bits per heavy atom. The number of nitrogens with one attached hydrogen (secondary N) is 1. The second-order valence-corrected chi connectivity index (χ2v) is 7.13. The molecule has 0 aromatic carbocycles. The molecule has 4 N–H and O–H groups in total. The molecule has 0 spiro atoms. The van der Waals surface area contributed by atoms with E-state index in [0.29, 0.717) is 19.0 Å². The summed E-state index contributed by atoms with van der Waals surface area (Å²) in [7, 11) is 0. The van der Waals surface area contributed by atoms with Crippen LogP contribution in [0.2, 0.25) is 0 Å². The van der Waals surface area contributed by atoms with E-state index < -0.39 is 5.60 Å². The smallest absolute Gasteiger partial charge is 0.227 e. The van der Waals surface area contributed by atoms with Crippen LogP contribution in [-0.2, 0) is 4.79 Å². The van der Waals surface area contributed by atoms with E-state index in [1.165, 1.54) is 6.42 Å². The number of amides is 1. The van der Waals surface area contributed by atoms with E-state index in [0.717, 1.165) is 51.4 Å². The van der Waals surface area contributed by atoms with Gasteiger partial charge in [0.15, 0.2) is 0 Å². The third-order valence-corrected chi connectivity index (χ3v) is 5.47. The lowest BCUT2D eigenvalue weighted by Gasteiger charge is -2.38. The molecule has 0 unspecified atom stereocenters. The maximum atomic E-state index is 12.5. The molecule has 2 aliphatic rings. The minimum absolute atomic E-state index is 0.0618. The maximum Gasteiger partial charge on any atom is 0.227 e. The quantitative estimate of drug-likeness (QED) is 0.738. The van der Waals surface area contributed by atoms with Crippen LogP contribution in [0.4, 0.5) is 0 Å². The molecule has 0 radical (unpaired) electrons. The summed E-state index contributed by atoms with van der Waals surface area (Å²) in [4.78, 5) is 12.5. The van der Waals surface area contributed by atoms with Crippen molar-refractivity contribution < 1.29 is 9.90 Å². The van der Waals surface area contributed by atoms with Crippen LogP contribution in [0.25, 0.3) is 0 Å². The lowest BCUT2D eigenvalue weighted by atomic mass is 9.73. The largest absolute Gasteiger partial charge is 0.388 e. The van der Waals surface area contributed by atoms with Gasteiger partial charge in [-0.25, -0.2) is 0 Å². The number of carbonyl (C=O) groups is 1. The molecule has 20 heavy (non-hydrogen) atoms. The first-order valence-electron chi connectivity index (χ1n) is 8.20. The molecule has 4 nitrogen and oxygen atoms in total. The molecule has 2 fully saturated rings. The Balaban J connectivity index is 1.87. The van der Waals surface area contributed by atoms with Crippen molar-refractivity contribution in [1.29, 1.82) is 0 Å². The van der Waals surface area contributed by atoms with Crippen LogP contribution in [0.1, 0.15) is 64.7 Å². The Bertz CT molecular complexity index is 329. The molecule has 0 bridgehead atoms. The van der Waals surface area contributed by atoms with Crippen molar-refractivity contribution in [3.63, 3.8) is 0 Å². The highest BCUT2D eigenvalue weighted by Crippen LogP contribution is 2.36. The topological polar surface area (TPSA) is 75.3 Å². The first-order chi connectivity index (χ1) is 9.50. The summed E-state index contributed by atoms with van der Waals surface area (Å²) in [5.74, 6) is 0.756. The lowest BCUT2D eigenvalue weighted by Crippen LogP contribution is -2.52. The first-order valence-corrected chi connectivity index (χ1v) is 8.20. The van der Waals surface area contributed by atoms with Crippen LogP contribution in [0, 0.1) is 11.3 Å².